The summed E-state index contributed by atoms with van der Waals surface area (Å²) in [5.41, 5.74) is 0.681. The maximum absolute atomic E-state index is 14.9. The van der Waals surface area contributed by atoms with Crippen LogP contribution in [0.25, 0.3) is 0 Å². The number of fused-ring (bicyclic) bond motifs is 2. The molecular formula is C60H100O14Si2. The normalized spacial score (nSPS) is 43.2. The zero-order chi connectivity index (χ0) is 56.1. The van der Waals surface area contributed by atoms with E-state index < -0.39 is 89.1 Å². The summed E-state index contributed by atoms with van der Waals surface area (Å²) in [6.45, 7) is 39.1. The van der Waals surface area contributed by atoms with Crippen LogP contribution >= 0.6 is 0 Å². The van der Waals surface area contributed by atoms with Crippen LogP contribution in [0, 0.1) is 23.7 Å². The Hall–Kier alpha value is -1.88. The second-order valence-electron chi connectivity index (χ2n) is 26.7. The molecule has 1 N–H and O–H groups in total. The van der Waals surface area contributed by atoms with Crippen molar-refractivity contribution < 1.29 is 66.1 Å². The molecule has 0 radical (unpaired) electrons. The fourth-order valence-electron chi connectivity index (χ4n) is 11.9. The van der Waals surface area contributed by atoms with Gasteiger partial charge in [0.1, 0.15) is 29.8 Å². The van der Waals surface area contributed by atoms with E-state index in [-0.39, 0.29) is 71.1 Å². The number of hydrogen-bond acceptors (Lipinski definition) is 14. The Morgan fingerprint density at radius 2 is 1.38 bits per heavy atom. The van der Waals surface area contributed by atoms with Gasteiger partial charge in [-0.1, -0.05) is 112 Å². The minimum atomic E-state index is -2.38. The Kier molecular flexibility index (Phi) is 19.4. The lowest BCUT2D eigenvalue weighted by molar-refractivity contribution is -0.317. The topological polar surface area (TPSA) is 148 Å². The zero-order valence-corrected chi connectivity index (χ0v) is 52.1. The van der Waals surface area contributed by atoms with Crippen LogP contribution in [0.4, 0.5) is 0 Å². The van der Waals surface area contributed by atoms with Gasteiger partial charge >= 0.3 is 5.97 Å². The molecule has 14 nitrogen and oxygen atoms in total. The summed E-state index contributed by atoms with van der Waals surface area (Å²) in [6, 6.07) is 0. The predicted molar refractivity (Wildman–Crippen MR) is 299 cm³/mol. The predicted octanol–water partition coefficient (Wildman–Crippen LogP) is 11.4. The maximum atomic E-state index is 14.9. The molecule has 6 aliphatic heterocycles. The number of hydrogen-bond donors (Lipinski definition) is 1. The molecule has 16 heteroatoms. The highest BCUT2D eigenvalue weighted by Crippen LogP contribution is 2.50. The largest absolute Gasteiger partial charge is 0.462 e. The smallest absolute Gasteiger partial charge is 0.316 e. The van der Waals surface area contributed by atoms with E-state index in [1.54, 1.807) is 14.2 Å². The average Bonchev–Trinajstić information content (AvgIpc) is 3.67. The van der Waals surface area contributed by atoms with E-state index in [1.165, 1.54) is 0 Å². The molecule has 0 aromatic carbocycles. The highest BCUT2D eigenvalue weighted by atomic mass is 28.4. The Bertz CT molecular complexity index is 2160. The molecular weight excluding hydrogens is 1000 g/mol. The third-order valence-electron chi connectivity index (χ3n) is 18.9. The molecule has 6 heterocycles. The van der Waals surface area contributed by atoms with E-state index in [1.807, 2.05) is 45.1 Å². The molecule has 0 aromatic rings. The molecule has 4 fully saturated rings. The summed E-state index contributed by atoms with van der Waals surface area (Å²) in [6.07, 6.45) is 11.4. The molecule has 2 bridgehead atoms. The molecule has 0 saturated carbocycles. The third kappa shape index (κ3) is 13.1. The van der Waals surface area contributed by atoms with Crippen molar-refractivity contribution in [3.05, 3.63) is 59.3 Å². The Morgan fingerprint density at radius 3 is 2.00 bits per heavy atom. The van der Waals surface area contributed by atoms with Gasteiger partial charge in [-0.05, 0) is 99.1 Å². The minimum absolute atomic E-state index is 0.0368. The van der Waals surface area contributed by atoms with Gasteiger partial charge in [0.05, 0.1) is 61.5 Å². The van der Waals surface area contributed by atoms with Crippen molar-refractivity contribution >= 4 is 22.6 Å². The SMILES string of the molecule is CC[C@H](C)[C@H]1O[C@]2(C=C[C@@H]1C)C[C@@H]1C[C@@H](C/C=C(\C)[C@@H](O[C@H]3C[C@@H](OC)[C@@H](O[C@H]4C[C@@H](OC)[C@@H](O[Si](C)(C)C(C)(C)C)[C@H](C)O4)[C@H](C)O3)[C@@H](C)/C=C/C=C3\CO[C@@H]4[C@H](O[Si](C)(C)C(C)(C)C)C(C)=C[C@@H](C(=O)O1)[C@]34O)O2. The van der Waals surface area contributed by atoms with Crippen LogP contribution in [0.3, 0.4) is 0 Å². The van der Waals surface area contributed by atoms with Gasteiger partial charge in [-0.25, -0.2) is 0 Å². The quantitative estimate of drug-likeness (QED) is 0.112. The van der Waals surface area contributed by atoms with Gasteiger partial charge in [0.15, 0.2) is 35.0 Å². The third-order valence-corrected chi connectivity index (χ3v) is 27.8. The van der Waals surface area contributed by atoms with Crippen LogP contribution in [-0.4, -0.2) is 146 Å². The van der Waals surface area contributed by atoms with E-state index in [0.29, 0.717) is 37.7 Å². The summed E-state index contributed by atoms with van der Waals surface area (Å²) in [5.74, 6) is -2.39. The number of esters is 1. The van der Waals surface area contributed by atoms with Crippen molar-refractivity contribution in [2.24, 2.45) is 23.7 Å². The van der Waals surface area contributed by atoms with Gasteiger partial charge in [0.2, 0.25) is 0 Å². The molecule has 7 rings (SSSR count). The number of rotatable bonds is 12. The molecule has 0 aromatic heterocycles. The fourth-order valence-corrected chi connectivity index (χ4v) is 14.5. The summed E-state index contributed by atoms with van der Waals surface area (Å²) in [7, 11) is -1.06. The number of aliphatic hydroxyl groups is 1. The molecule has 0 unspecified atom stereocenters. The number of carbonyl (C=O) groups is 1. The van der Waals surface area contributed by atoms with Crippen LogP contribution < -0.4 is 0 Å². The van der Waals surface area contributed by atoms with Crippen molar-refractivity contribution in [1.29, 1.82) is 0 Å². The van der Waals surface area contributed by atoms with Crippen molar-refractivity contribution in [3.63, 3.8) is 0 Å². The highest BCUT2D eigenvalue weighted by molar-refractivity contribution is 6.74. The lowest BCUT2D eigenvalue weighted by Gasteiger charge is -2.49. The second kappa shape index (κ2) is 23.9. The Labute approximate surface area is 459 Å². The number of ether oxygens (including phenoxy) is 10. The van der Waals surface area contributed by atoms with Crippen LogP contribution in [0.1, 0.15) is 135 Å². The van der Waals surface area contributed by atoms with Crippen molar-refractivity contribution in [2.45, 2.75) is 269 Å². The Balaban J connectivity index is 1.18. The van der Waals surface area contributed by atoms with E-state index in [4.69, 9.17) is 56.2 Å². The van der Waals surface area contributed by atoms with Crippen molar-refractivity contribution in [3.8, 4) is 0 Å². The molecule has 20 atom stereocenters. The Morgan fingerprint density at radius 1 is 0.776 bits per heavy atom. The first-order valence-corrected chi connectivity index (χ1v) is 34.5. The summed E-state index contributed by atoms with van der Waals surface area (Å²) in [4.78, 5) is 14.9. The first-order valence-electron chi connectivity index (χ1n) is 28.7. The molecule has 76 heavy (non-hydrogen) atoms. The van der Waals surface area contributed by atoms with Crippen LogP contribution in [-0.2, 0) is 61.0 Å². The highest BCUT2D eigenvalue weighted by Gasteiger charge is 2.62. The van der Waals surface area contributed by atoms with Gasteiger partial charge < -0.3 is 61.3 Å². The van der Waals surface area contributed by atoms with Gasteiger partial charge in [-0.2, -0.15) is 0 Å². The molecule has 4 saturated heterocycles. The first-order chi connectivity index (χ1) is 35.4. The van der Waals surface area contributed by atoms with Crippen LogP contribution in [0.5, 0.6) is 0 Å². The fraction of sp³-hybridized carbons (Fsp3) is 0.817. The first kappa shape index (κ1) is 61.7. The molecule has 1 aliphatic carbocycles. The van der Waals surface area contributed by atoms with Gasteiger partial charge in [0.25, 0.3) is 0 Å². The summed E-state index contributed by atoms with van der Waals surface area (Å²) >= 11 is 0. The lowest BCUT2D eigenvalue weighted by atomic mass is 9.71. The molecule has 1 spiro atoms. The minimum Gasteiger partial charge on any atom is -0.462 e. The zero-order valence-electron chi connectivity index (χ0n) is 50.1. The van der Waals surface area contributed by atoms with Crippen molar-refractivity contribution in [2.75, 3.05) is 20.8 Å². The van der Waals surface area contributed by atoms with Gasteiger partial charge in [-0.15, -0.1) is 0 Å². The maximum Gasteiger partial charge on any atom is 0.316 e. The second-order valence-corrected chi connectivity index (χ2v) is 36.2. The molecule has 432 valence electrons. The van der Waals surface area contributed by atoms with Crippen LogP contribution in [0.15, 0.2) is 59.3 Å². The van der Waals surface area contributed by atoms with E-state index in [0.717, 1.165) is 17.6 Å². The lowest BCUT2D eigenvalue weighted by Crippen LogP contribution is -2.60. The number of allylic oxidation sites excluding steroid dienone is 2. The van der Waals surface area contributed by atoms with Gasteiger partial charge in [0, 0.05) is 51.7 Å². The van der Waals surface area contributed by atoms with E-state index in [2.05, 4.69) is 121 Å². The molecule has 0 amide bonds. The van der Waals surface area contributed by atoms with Gasteiger partial charge in [-0.3, -0.25) is 4.79 Å². The van der Waals surface area contributed by atoms with E-state index >= 15 is 0 Å². The standard InChI is InChI=1S/C60H100O14Si2/c1-21-35(2)51-38(5)27-28-59(72-51)33-44-30-43(71-59)26-25-37(4)50(36(3)23-22-24-42-34-65-55-52(73-75(17,18)57(9,10)11)39(6)29-45(56(61)68-44)60(42,55)62)69-48-31-46(63-15)53(40(7)66-48)70-49-32-47(64-16)54(41(8)67-49)74-76(19,20)58(12,13)14/h22-25,27-29,35-36,38,40-41,43-55,62H,21,26,30-34H2,1-20H3/b23-22+,37-25+,42-24+/t35-,36-,38-,40-,41-,43+,44-,45-,46+,47+,48-,49-,50-,51+,52+,53-,54-,55+,59+,60+/m0/s1. The summed E-state index contributed by atoms with van der Waals surface area (Å²) < 4.78 is 80.6. The van der Waals surface area contributed by atoms with Crippen molar-refractivity contribution in [1.82, 2.24) is 0 Å². The monoisotopic (exact) mass is 1100 g/mol. The summed E-state index contributed by atoms with van der Waals surface area (Å²) in [5, 5.41) is 13.2. The van der Waals surface area contributed by atoms with Crippen LogP contribution in [0.2, 0.25) is 36.3 Å². The molecule has 7 aliphatic rings. The number of methoxy groups -OCH3 is 2. The average molecular weight is 1100 g/mol. The number of carbonyl (C=O) groups excluding carboxylic acids is 1. The van der Waals surface area contributed by atoms with E-state index in [9.17, 15) is 9.90 Å².